The van der Waals surface area contributed by atoms with Gasteiger partial charge in [0.15, 0.2) is 0 Å². The summed E-state index contributed by atoms with van der Waals surface area (Å²) in [5.41, 5.74) is 0.262. The number of carboxylic acids is 1. The van der Waals surface area contributed by atoms with Crippen LogP contribution in [0.5, 0.6) is 0 Å². The number of carboxylic acid groups (broad SMARTS) is 1. The Morgan fingerprint density at radius 3 is 2.89 bits per heavy atom. The Balaban J connectivity index is 2.29. The van der Waals surface area contributed by atoms with Crippen molar-refractivity contribution in [2.75, 3.05) is 6.54 Å². The van der Waals surface area contributed by atoms with Crippen molar-refractivity contribution < 1.29 is 14.7 Å². The molecule has 96 valence electrons. The molecule has 0 radical (unpaired) electrons. The SMILES string of the molecule is CC1CCN(C(=O)c2ncccc2Br)C1C(=O)O. The van der Waals surface area contributed by atoms with E-state index in [1.165, 1.54) is 11.1 Å². The summed E-state index contributed by atoms with van der Waals surface area (Å²) < 4.78 is 0.582. The van der Waals surface area contributed by atoms with Crippen LogP contribution in [0.15, 0.2) is 22.8 Å². The summed E-state index contributed by atoms with van der Waals surface area (Å²) in [7, 11) is 0. The zero-order valence-corrected chi connectivity index (χ0v) is 11.4. The molecule has 2 atom stereocenters. The maximum Gasteiger partial charge on any atom is 0.326 e. The van der Waals surface area contributed by atoms with Crippen LogP contribution in [-0.4, -0.2) is 39.5 Å². The number of nitrogens with zero attached hydrogens (tertiary/aromatic N) is 2. The standard InChI is InChI=1S/C12H13BrN2O3/c1-7-4-6-15(10(7)12(17)18)11(16)9-8(13)3-2-5-14-9/h2-3,5,7,10H,4,6H2,1H3,(H,17,18). The second kappa shape index (κ2) is 5.06. The molecule has 0 spiro atoms. The van der Waals surface area contributed by atoms with E-state index in [1.54, 1.807) is 12.1 Å². The molecule has 0 bridgehead atoms. The van der Waals surface area contributed by atoms with E-state index in [-0.39, 0.29) is 17.5 Å². The molecule has 2 heterocycles. The van der Waals surface area contributed by atoms with Crippen molar-refractivity contribution in [3.8, 4) is 0 Å². The van der Waals surface area contributed by atoms with Gasteiger partial charge in [0, 0.05) is 17.2 Å². The minimum atomic E-state index is -0.958. The number of amides is 1. The first-order valence-electron chi connectivity index (χ1n) is 5.66. The number of halogens is 1. The van der Waals surface area contributed by atoms with Crippen molar-refractivity contribution in [1.82, 2.24) is 9.88 Å². The highest BCUT2D eigenvalue weighted by atomic mass is 79.9. The van der Waals surface area contributed by atoms with Crippen LogP contribution in [-0.2, 0) is 4.79 Å². The van der Waals surface area contributed by atoms with Gasteiger partial charge in [0.25, 0.3) is 5.91 Å². The largest absolute Gasteiger partial charge is 0.480 e. The third-order valence-electron chi connectivity index (χ3n) is 3.18. The van der Waals surface area contributed by atoms with Crippen LogP contribution in [0.2, 0.25) is 0 Å². The Labute approximate surface area is 113 Å². The first-order chi connectivity index (χ1) is 8.52. The van der Waals surface area contributed by atoms with Gasteiger partial charge in [-0.2, -0.15) is 0 Å². The van der Waals surface area contributed by atoms with E-state index in [1.807, 2.05) is 6.92 Å². The van der Waals surface area contributed by atoms with Crippen molar-refractivity contribution >= 4 is 27.8 Å². The van der Waals surface area contributed by atoms with Crippen molar-refractivity contribution in [2.24, 2.45) is 5.92 Å². The zero-order chi connectivity index (χ0) is 13.3. The average Bonchev–Trinajstić information content (AvgIpc) is 2.71. The second-order valence-corrected chi connectivity index (χ2v) is 5.24. The molecule has 1 aliphatic heterocycles. The Morgan fingerprint density at radius 1 is 1.56 bits per heavy atom. The van der Waals surface area contributed by atoms with Gasteiger partial charge in [0.05, 0.1) is 0 Å². The van der Waals surface area contributed by atoms with E-state index >= 15 is 0 Å². The molecule has 1 N–H and O–H groups in total. The highest BCUT2D eigenvalue weighted by Crippen LogP contribution is 2.27. The fraction of sp³-hybridized carbons (Fsp3) is 0.417. The molecule has 18 heavy (non-hydrogen) atoms. The number of aromatic nitrogens is 1. The van der Waals surface area contributed by atoms with Crippen LogP contribution in [0.3, 0.4) is 0 Å². The summed E-state index contributed by atoms with van der Waals surface area (Å²) in [6, 6.07) is 2.67. The third-order valence-corrected chi connectivity index (χ3v) is 3.81. The Morgan fingerprint density at radius 2 is 2.28 bits per heavy atom. The van der Waals surface area contributed by atoms with Crippen LogP contribution in [0.4, 0.5) is 0 Å². The predicted molar refractivity (Wildman–Crippen MR) is 68.2 cm³/mol. The molecule has 2 rings (SSSR count). The van der Waals surface area contributed by atoms with Gasteiger partial charge in [-0.05, 0) is 40.4 Å². The average molecular weight is 313 g/mol. The molecule has 1 aromatic heterocycles. The number of hydrogen-bond acceptors (Lipinski definition) is 3. The molecule has 2 unspecified atom stereocenters. The smallest absolute Gasteiger partial charge is 0.326 e. The first-order valence-corrected chi connectivity index (χ1v) is 6.46. The fourth-order valence-electron chi connectivity index (χ4n) is 2.23. The van der Waals surface area contributed by atoms with Crippen LogP contribution < -0.4 is 0 Å². The van der Waals surface area contributed by atoms with Gasteiger partial charge < -0.3 is 10.0 Å². The number of hydrogen-bond donors (Lipinski definition) is 1. The van der Waals surface area contributed by atoms with Crippen molar-refractivity contribution in [3.63, 3.8) is 0 Å². The lowest BCUT2D eigenvalue weighted by Crippen LogP contribution is -2.43. The van der Waals surface area contributed by atoms with Crippen LogP contribution in [0, 0.1) is 5.92 Å². The van der Waals surface area contributed by atoms with E-state index < -0.39 is 12.0 Å². The first kappa shape index (κ1) is 13.0. The Bertz CT molecular complexity index is 492. The second-order valence-electron chi connectivity index (χ2n) is 4.38. The quantitative estimate of drug-likeness (QED) is 0.903. The molecule has 5 nitrogen and oxygen atoms in total. The minimum absolute atomic E-state index is 0.0334. The molecular formula is C12H13BrN2O3. The molecule has 0 aliphatic carbocycles. The topological polar surface area (TPSA) is 70.5 Å². The lowest BCUT2D eigenvalue weighted by Gasteiger charge is -2.23. The monoisotopic (exact) mass is 312 g/mol. The fourth-order valence-corrected chi connectivity index (χ4v) is 2.66. The van der Waals surface area contributed by atoms with Crippen molar-refractivity contribution in [1.29, 1.82) is 0 Å². The zero-order valence-electron chi connectivity index (χ0n) is 9.84. The Hall–Kier alpha value is -1.43. The number of rotatable bonds is 2. The third kappa shape index (κ3) is 2.25. The Kier molecular flexibility index (Phi) is 3.65. The molecule has 0 aromatic carbocycles. The number of pyridine rings is 1. The van der Waals surface area contributed by atoms with Gasteiger partial charge in [0.1, 0.15) is 11.7 Å². The number of aliphatic carboxylic acids is 1. The van der Waals surface area contributed by atoms with E-state index in [9.17, 15) is 14.7 Å². The molecule has 1 aromatic rings. The van der Waals surface area contributed by atoms with Gasteiger partial charge in [-0.3, -0.25) is 4.79 Å². The maximum atomic E-state index is 12.3. The van der Waals surface area contributed by atoms with Gasteiger partial charge in [-0.1, -0.05) is 6.92 Å². The normalized spacial score (nSPS) is 23.1. The number of likely N-dealkylation sites (tertiary alicyclic amines) is 1. The molecule has 0 saturated carbocycles. The summed E-state index contributed by atoms with van der Waals surface area (Å²) in [4.78, 5) is 28.9. The number of carbonyl (C=O) groups is 2. The minimum Gasteiger partial charge on any atom is -0.480 e. The lowest BCUT2D eigenvalue weighted by molar-refractivity contribution is -0.142. The molecule has 1 fully saturated rings. The number of carbonyl (C=O) groups excluding carboxylic acids is 1. The molecule has 1 amide bonds. The maximum absolute atomic E-state index is 12.3. The van der Waals surface area contributed by atoms with Crippen LogP contribution >= 0.6 is 15.9 Å². The van der Waals surface area contributed by atoms with E-state index in [0.29, 0.717) is 17.4 Å². The van der Waals surface area contributed by atoms with Gasteiger partial charge in [-0.15, -0.1) is 0 Å². The highest BCUT2D eigenvalue weighted by Gasteiger charge is 2.40. The van der Waals surface area contributed by atoms with Gasteiger partial charge in [-0.25, -0.2) is 9.78 Å². The van der Waals surface area contributed by atoms with Gasteiger partial charge in [0.2, 0.25) is 0 Å². The van der Waals surface area contributed by atoms with Gasteiger partial charge >= 0.3 is 5.97 Å². The summed E-state index contributed by atoms with van der Waals surface area (Å²) in [5, 5.41) is 9.19. The van der Waals surface area contributed by atoms with Crippen molar-refractivity contribution in [3.05, 3.63) is 28.5 Å². The summed E-state index contributed by atoms with van der Waals surface area (Å²) >= 11 is 3.26. The van der Waals surface area contributed by atoms with Crippen LogP contribution in [0.1, 0.15) is 23.8 Å². The summed E-state index contributed by atoms with van der Waals surface area (Å²) in [5.74, 6) is -1.33. The van der Waals surface area contributed by atoms with Crippen molar-refractivity contribution in [2.45, 2.75) is 19.4 Å². The molecule has 1 saturated heterocycles. The summed E-state index contributed by atoms with van der Waals surface area (Å²) in [6.45, 7) is 2.31. The van der Waals surface area contributed by atoms with E-state index in [4.69, 9.17) is 0 Å². The molecule has 6 heteroatoms. The summed E-state index contributed by atoms with van der Waals surface area (Å²) in [6.07, 6.45) is 2.22. The predicted octanol–water partition coefficient (Wildman–Crippen LogP) is 1.78. The lowest BCUT2D eigenvalue weighted by atomic mass is 10.0. The molecular weight excluding hydrogens is 300 g/mol. The molecule has 1 aliphatic rings. The van der Waals surface area contributed by atoms with E-state index in [2.05, 4.69) is 20.9 Å². The van der Waals surface area contributed by atoms with E-state index in [0.717, 1.165) is 0 Å². The van der Waals surface area contributed by atoms with Crippen LogP contribution in [0.25, 0.3) is 0 Å². The highest BCUT2D eigenvalue weighted by molar-refractivity contribution is 9.10.